The van der Waals surface area contributed by atoms with Crippen molar-refractivity contribution in [3.8, 4) is 17.0 Å². The van der Waals surface area contributed by atoms with Crippen molar-refractivity contribution in [1.82, 2.24) is 15.5 Å². The van der Waals surface area contributed by atoms with Gasteiger partial charge in [0.25, 0.3) is 0 Å². The Morgan fingerprint density at radius 1 is 1.04 bits per heavy atom. The van der Waals surface area contributed by atoms with Crippen LogP contribution >= 0.6 is 11.6 Å². The highest BCUT2D eigenvalue weighted by atomic mass is 35.5. The van der Waals surface area contributed by atoms with E-state index in [1.807, 2.05) is 54.7 Å². The number of nitrogens with zero attached hydrogens (tertiary/aromatic N) is 1. The third-order valence-corrected chi connectivity index (χ3v) is 3.91. The number of H-pyrrole nitrogens is 1. The molecule has 3 aromatic rings. The molecule has 0 saturated carbocycles. The van der Waals surface area contributed by atoms with Crippen LogP contribution < -0.4 is 10.1 Å². The molecule has 0 fully saturated rings. The zero-order chi connectivity index (χ0) is 16.1. The summed E-state index contributed by atoms with van der Waals surface area (Å²) in [7, 11) is 1.66. The number of halogens is 1. The minimum absolute atomic E-state index is 0.737. The van der Waals surface area contributed by atoms with Crippen LogP contribution in [0.5, 0.6) is 5.75 Å². The first-order chi connectivity index (χ1) is 11.3. The molecule has 0 amide bonds. The first-order valence-corrected chi connectivity index (χ1v) is 7.76. The Hall–Kier alpha value is -2.30. The van der Waals surface area contributed by atoms with Crippen molar-refractivity contribution in [3.05, 3.63) is 70.9 Å². The van der Waals surface area contributed by atoms with Crippen molar-refractivity contribution in [3.63, 3.8) is 0 Å². The van der Waals surface area contributed by atoms with Gasteiger partial charge in [-0.2, -0.15) is 5.10 Å². The van der Waals surface area contributed by atoms with Crippen molar-refractivity contribution >= 4 is 11.6 Å². The summed E-state index contributed by atoms with van der Waals surface area (Å²) in [5.41, 5.74) is 4.44. The summed E-state index contributed by atoms with van der Waals surface area (Å²) >= 11 is 5.90. The maximum Gasteiger partial charge on any atom is 0.118 e. The Balaban J connectivity index is 1.65. The number of nitrogens with one attached hydrogen (secondary N) is 2. The van der Waals surface area contributed by atoms with E-state index in [9.17, 15) is 0 Å². The molecule has 4 nitrogen and oxygen atoms in total. The van der Waals surface area contributed by atoms with E-state index in [0.29, 0.717) is 0 Å². The molecule has 0 aliphatic rings. The van der Waals surface area contributed by atoms with Gasteiger partial charge in [0.15, 0.2) is 0 Å². The minimum Gasteiger partial charge on any atom is -0.497 e. The molecule has 0 atom stereocenters. The van der Waals surface area contributed by atoms with E-state index in [1.165, 1.54) is 5.56 Å². The molecular weight excluding hydrogens is 310 g/mol. The molecule has 0 aliphatic heterocycles. The van der Waals surface area contributed by atoms with Gasteiger partial charge in [0.05, 0.1) is 19.0 Å². The second-order valence-electron chi connectivity index (χ2n) is 5.23. The molecule has 1 heterocycles. The first-order valence-electron chi connectivity index (χ1n) is 7.38. The smallest absolute Gasteiger partial charge is 0.118 e. The fourth-order valence-corrected chi connectivity index (χ4v) is 2.52. The summed E-state index contributed by atoms with van der Waals surface area (Å²) in [4.78, 5) is 0. The largest absolute Gasteiger partial charge is 0.497 e. The lowest BCUT2D eigenvalue weighted by Crippen LogP contribution is -2.12. The number of benzene rings is 2. The summed E-state index contributed by atoms with van der Waals surface area (Å²) in [5.74, 6) is 0.843. The number of rotatable bonds is 6. The number of methoxy groups -OCH3 is 1. The number of aromatic nitrogens is 2. The molecule has 2 N–H and O–H groups in total. The molecule has 0 radical (unpaired) electrons. The van der Waals surface area contributed by atoms with E-state index in [0.717, 1.165) is 40.7 Å². The second kappa shape index (κ2) is 7.31. The Morgan fingerprint density at radius 2 is 1.78 bits per heavy atom. The van der Waals surface area contributed by atoms with Gasteiger partial charge < -0.3 is 10.1 Å². The fourth-order valence-electron chi connectivity index (χ4n) is 2.40. The van der Waals surface area contributed by atoms with E-state index >= 15 is 0 Å². The van der Waals surface area contributed by atoms with Gasteiger partial charge in [0, 0.05) is 29.2 Å². The van der Waals surface area contributed by atoms with Crippen molar-refractivity contribution in [2.75, 3.05) is 7.11 Å². The van der Waals surface area contributed by atoms with Crippen LogP contribution in [0.4, 0.5) is 0 Å². The molecule has 1 aromatic heterocycles. The number of hydrogen-bond donors (Lipinski definition) is 2. The molecule has 2 aromatic carbocycles. The zero-order valence-electron chi connectivity index (χ0n) is 12.8. The summed E-state index contributed by atoms with van der Waals surface area (Å²) < 4.78 is 5.19. The number of aromatic amines is 1. The maximum atomic E-state index is 5.90. The molecular formula is C18H18ClN3O. The monoisotopic (exact) mass is 327 g/mol. The molecule has 5 heteroatoms. The van der Waals surface area contributed by atoms with Crippen molar-refractivity contribution < 1.29 is 4.74 Å². The molecule has 0 unspecified atom stereocenters. The molecule has 0 spiro atoms. The van der Waals surface area contributed by atoms with Gasteiger partial charge in [0.1, 0.15) is 5.75 Å². The average Bonchev–Trinajstić information content (AvgIpc) is 3.05. The van der Waals surface area contributed by atoms with Gasteiger partial charge in [-0.25, -0.2) is 0 Å². The Labute approximate surface area is 140 Å². The van der Waals surface area contributed by atoms with Crippen LogP contribution in [0.25, 0.3) is 11.3 Å². The average molecular weight is 328 g/mol. The van der Waals surface area contributed by atoms with Gasteiger partial charge in [-0.05, 0) is 42.0 Å². The first kappa shape index (κ1) is 15.6. The van der Waals surface area contributed by atoms with E-state index in [2.05, 4.69) is 15.5 Å². The zero-order valence-corrected chi connectivity index (χ0v) is 13.6. The van der Waals surface area contributed by atoms with Crippen LogP contribution in [0.15, 0.2) is 54.7 Å². The molecule has 23 heavy (non-hydrogen) atoms. The predicted molar refractivity (Wildman–Crippen MR) is 92.6 cm³/mol. The summed E-state index contributed by atoms with van der Waals surface area (Å²) in [5, 5.41) is 11.4. The van der Waals surface area contributed by atoms with Crippen molar-refractivity contribution in [2.45, 2.75) is 13.1 Å². The Kier molecular flexibility index (Phi) is 4.95. The highest BCUT2D eigenvalue weighted by Crippen LogP contribution is 2.23. The minimum atomic E-state index is 0.737. The topological polar surface area (TPSA) is 49.9 Å². The Bertz CT molecular complexity index is 751. The summed E-state index contributed by atoms with van der Waals surface area (Å²) in [6.45, 7) is 1.52. The standard InChI is InChI=1S/C18H18ClN3O/c1-23-17-8-4-14(5-9-17)18-15(12-21-22-18)11-20-10-13-2-6-16(19)7-3-13/h2-9,12,20H,10-11H2,1H3,(H,21,22). The highest BCUT2D eigenvalue weighted by Gasteiger charge is 2.07. The van der Waals surface area contributed by atoms with Gasteiger partial charge in [0.2, 0.25) is 0 Å². The van der Waals surface area contributed by atoms with Crippen molar-refractivity contribution in [1.29, 1.82) is 0 Å². The van der Waals surface area contributed by atoms with Gasteiger partial charge in [-0.15, -0.1) is 0 Å². The normalized spacial score (nSPS) is 10.7. The lowest BCUT2D eigenvalue weighted by Gasteiger charge is -2.07. The van der Waals surface area contributed by atoms with Crippen LogP contribution in [0.2, 0.25) is 5.02 Å². The highest BCUT2D eigenvalue weighted by molar-refractivity contribution is 6.30. The van der Waals surface area contributed by atoms with Gasteiger partial charge in [-0.1, -0.05) is 23.7 Å². The SMILES string of the molecule is COc1ccc(-c2[nH]ncc2CNCc2ccc(Cl)cc2)cc1. The molecule has 0 bridgehead atoms. The van der Waals surface area contributed by atoms with Gasteiger partial charge in [-0.3, -0.25) is 5.10 Å². The van der Waals surface area contributed by atoms with Crippen LogP contribution in [-0.4, -0.2) is 17.3 Å². The fraction of sp³-hybridized carbons (Fsp3) is 0.167. The quantitative estimate of drug-likeness (QED) is 0.718. The number of hydrogen-bond acceptors (Lipinski definition) is 3. The molecule has 0 aliphatic carbocycles. The van der Waals surface area contributed by atoms with E-state index in [4.69, 9.17) is 16.3 Å². The van der Waals surface area contributed by atoms with Crippen LogP contribution in [0.3, 0.4) is 0 Å². The third-order valence-electron chi connectivity index (χ3n) is 3.65. The molecule has 3 rings (SSSR count). The third kappa shape index (κ3) is 3.92. The van der Waals surface area contributed by atoms with Crippen LogP contribution in [-0.2, 0) is 13.1 Å². The summed E-state index contributed by atoms with van der Waals surface area (Å²) in [6, 6.07) is 15.8. The molecule has 0 saturated heterocycles. The maximum absolute atomic E-state index is 5.90. The lowest BCUT2D eigenvalue weighted by atomic mass is 10.1. The van der Waals surface area contributed by atoms with E-state index in [-0.39, 0.29) is 0 Å². The Morgan fingerprint density at radius 3 is 2.48 bits per heavy atom. The van der Waals surface area contributed by atoms with Crippen LogP contribution in [0, 0.1) is 0 Å². The van der Waals surface area contributed by atoms with E-state index in [1.54, 1.807) is 7.11 Å². The van der Waals surface area contributed by atoms with E-state index < -0.39 is 0 Å². The van der Waals surface area contributed by atoms with Crippen molar-refractivity contribution in [2.24, 2.45) is 0 Å². The van der Waals surface area contributed by atoms with Gasteiger partial charge >= 0.3 is 0 Å². The number of ether oxygens (including phenoxy) is 1. The second-order valence-corrected chi connectivity index (χ2v) is 5.67. The van der Waals surface area contributed by atoms with Crippen LogP contribution in [0.1, 0.15) is 11.1 Å². The predicted octanol–water partition coefficient (Wildman–Crippen LogP) is 4.03. The molecule has 118 valence electrons. The lowest BCUT2D eigenvalue weighted by molar-refractivity contribution is 0.415. The summed E-state index contributed by atoms with van der Waals surface area (Å²) in [6.07, 6.45) is 1.86.